The van der Waals surface area contributed by atoms with Crippen molar-refractivity contribution in [2.45, 2.75) is 5.92 Å². The summed E-state index contributed by atoms with van der Waals surface area (Å²) in [6, 6.07) is 17.4. The Kier molecular flexibility index (Phi) is 5.86. The number of aliphatic carboxylic acids is 1. The third-order valence-electron chi connectivity index (χ3n) is 5.05. The molecule has 0 unspecified atom stereocenters. The van der Waals surface area contributed by atoms with Crippen LogP contribution in [-0.2, 0) is 21.4 Å². The summed E-state index contributed by atoms with van der Waals surface area (Å²) in [4.78, 5) is 39.3. The first-order valence-corrected chi connectivity index (χ1v) is 9.74. The summed E-state index contributed by atoms with van der Waals surface area (Å²) in [7, 11) is 1.54. The van der Waals surface area contributed by atoms with Gasteiger partial charge < -0.3 is 9.84 Å². The fraction of sp³-hybridized carbons (Fsp3) is 0.182. The molecular formula is C22H20N4O6. The molecule has 0 radical (unpaired) electrons. The molecule has 1 aliphatic carbocycles. The lowest BCUT2D eigenvalue weighted by atomic mass is 9.98. The number of ether oxygens (including phenoxy) is 1. The van der Waals surface area contributed by atoms with Crippen LogP contribution in [0.15, 0.2) is 54.6 Å². The van der Waals surface area contributed by atoms with E-state index >= 15 is 0 Å². The predicted octanol–water partition coefficient (Wildman–Crippen LogP) is 2.53. The summed E-state index contributed by atoms with van der Waals surface area (Å²) in [5.41, 5.74) is 6.36. The highest BCUT2D eigenvalue weighted by atomic mass is 16.7. The van der Waals surface area contributed by atoms with Gasteiger partial charge in [0.2, 0.25) is 0 Å². The second kappa shape index (κ2) is 8.90. The van der Waals surface area contributed by atoms with Crippen molar-refractivity contribution >= 4 is 23.8 Å². The van der Waals surface area contributed by atoms with Crippen LogP contribution in [0, 0.1) is 0 Å². The molecule has 0 saturated carbocycles. The van der Waals surface area contributed by atoms with E-state index in [4.69, 9.17) is 9.84 Å². The van der Waals surface area contributed by atoms with Crippen LogP contribution in [-0.4, -0.2) is 46.1 Å². The number of hydrogen-bond acceptors (Lipinski definition) is 6. The van der Waals surface area contributed by atoms with Gasteiger partial charge >= 0.3 is 12.1 Å². The molecule has 0 atom stereocenters. The molecule has 1 aliphatic rings. The fourth-order valence-corrected chi connectivity index (χ4v) is 3.65. The zero-order valence-electron chi connectivity index (χ0n) is 17.1. The lowest BCUT2D eigenvalue weighted by molar-refractivity contribution is -0.144. The summed E-state index contributed by atoms with van der Waals surface area (Å²) in [5.74, 6) is -1.83. The van der Waals surface area contributed by atoms with Crippen molar-refractivity contribution in [2.24, 2.45) is 7.05 Å². The highest BCUT2D eigenvalue weighted by Gasteiger charge is 2.29. The van der Waals surface area contributed by atoms with Crippen LogP contribution in [0.2, 0.25) is 0 Å². The summed E-state index contributed by atoms with van der Waals surface area (Å²) in [6.07, 6.45) is -0.691. The molecule has 3 aromatic rings. The number of nitrogens with one attached hydrogen (secondary N) is 2. The number of carbonyl (C=O) groups is 3. The number of carboxylic acids is 1. The zero-order valence-corrected chi connectivity index (χ0v) is 17.1. The Balaban J connectivity index is 1.38. The van der Waals surface area contributed by atoms with Crippen LogP contribution in [0.25, 0.3) is 11.1 Å². The van der Waals surface area contributed by atoms with Crippen LogP contribution in [0.3, 0.4) is 0 Å². The maximum Gasteiger partial charge on any atom is 0.412 e. The number of benzene rings is 2. The number of aryl methyl sites for hydroxylation is 1. The molecular weight excluding hydrogens is 416 g/mol. The van der Waals surface area contributed by atoms with Gasteiger partial charge in [0.1, 0.15) is 12.4 Å². The number of hydrogen-bond donors (Lipinski definition) is 3. The Morgan fingerprint density at radius 1 is 1.06 bits per heavy atom. The molecule has 4 rings (SSSR count). The number of carboxylic acid groups (broad SMARTS) is 1. The summed E-state index contributed by atoms with van der Waals surface area (Å²) in [6.45, 7) is -0.544. The zero-order chi connectivity index (χ0) is 22.7. The SMILES string of the molecule is Cn1nc(C(=O)NOCC(=O)O)cc1NC(=O)OCC1c2ccccc2-c2ccccc21. The van der Waals surface area contributed by atoms with Crippen LogP contribution in [0.5, 0.6) is 0 Å². The molecule has 10 heteroatoms. The van der Waals surface area contributed by atoms with Crippen molar-refractivity contribution in [1.29, 1.82) is 0 Å². The molecule has 0 saturated heterocycles. The molecule has 1 aromatic heterocycles. The van der Waals surface area contributed by atoms with Crippen molar-refractivity contribution < 1.29 is 29.1 Å². The molecule has 0 aliphatic heterocycles. The van der Waals surface area contributed by atoms with Crippen LogP contribution >= 0.6 is 0 Å². The molecule has 0 fully saturated rings. The molecule has 2 aromatic carbocycles. The second-order valence-electron chi connectivity index (χ2n) is 7.10. The summed E-state index contributed by atoms with van der Waals surface area (Å²) in [5, 5.41) is 15.0. The first kappa shape index (κ1) is 21.1. The van der Waals surface area contributed by atoms with Gasteiger partial charge in [0.25, 0.3) is 5.91 Å². The highest BCUT2D eigenvalue weighted by Crippen LogP contribution is 2.44. The number of rotatable bonds is 7. The van der Waals surface area contributed by atoms with Crippen molar-refractivity contribution in [2.75, 3.05) is 18.5 Å². The average molecular weight is 436 g/mol. The first-order chi connectivity index (χ1) is 15.4. The number of amides is 2. The van der Waals surface area contributed by atoms with E-state index in [1.807, 2.05) is 41.9 Å². The lowest BCUT2D eigenvalue weighted by Crippen LogP contribution is -2.27. The van der Waals surface area contributed by atoms with Gasteiger partial charge in [-0.3, -0.25) is 19.6 Å². The van der Waals surface area contributed by atoms with E-state index in [1.54, 1.807) is 0 Å². The Morgan fingerprint density at radius 3 is 2.31 bits per heavy atom. The van der Waals surface area contributed by atoms with E-state index in [-0.39, 0.29) is 24.0 Å². The Labute approximate surface area is 182 Å². The Bertz CT molecular complexity index is 1140. The molecule has 164 valence electrons. The molecule has 2 amide bonds. The van der Waals surface area contributed by atoms with Gasteiger partial charge in [0, 0.05) is 19.0 Å². The second-order valence-corrected chi connectivity index (χ2v) is 7.10. The van der Waals surface area contributed by atoms with Crippen molar-refractivity contribution in [3.05, 3.63) is 71.4 Å². The van der Waals surface area contributed by atoms with Gasteiger partial charge in [-0.1, -0.05) is 48.5 Å². The minimum absolute atomic E-state index is 0.0631. The minimum atomic E-state index is -1.23. The van der Waals surface area contributed by atoms with E-state index in [0.29, 0.717) is 0 Å². The summed E-state index contributed by atoms with van der Waals surface area (Å²) < 4.78 is 6.76. The number of nitrogens with zero attached hydrogens (tertiary/aromatic N) is 2. The van der Waals surface area contributed by atoms with Crippen LogP contribution in [0.4, 0.5) is 10.6 Å². The number of anilines is 1. The molecule has 0 bridgehead atoms. The smallest absolute Gasteiger partial charge is 0.412 e. The number of hydroxylamine groups is 1. The maximum absolute atomic E-state index is 12.4. The Hall–Kier alpha value is -4.18. The Morgan fingerprint density at radius 2 is 1.69 bits per heavy atom. The van der Waals surface area contributed by atoms with Crippen molar-refractivity contribution in [1.82, 2.24) is 15.3 Å². The van der Waals surface area contributed by atoms with E-state index in [2.05, 4.69) is 27.4 Å². The van der Waals surface area contributed by atoms with Gasteiger partial charge in [-0.2, -0.15) is 5.10 Å². The standard InChI is InChI=1S/C22H20N4O6/c1-26-19(10-18(24-26)21(29)25-32-12-20(27)28)23-22(30)31-11-17-15-8-4-2-6-13(15)14-7-3-5-9-16(14)17/h2-10,17H,11-12H2,1H3,(H,23,30)(H,25,29)(H,27,28). The summed E-state index contributed by atoms with van der Waals surface area (Å²) >= 11 is 0. The van der Waals surface area contributed by atoms with Crippen molar-refractivity contribution in [3.8, 4) is 11.1 Å². The van der Waals surface area contributed by atoms with E-state index in [1.165, 1.54) is 17.8 Å². The number of carbonyl (C=O) groups excluding carboxylic acids is 2. The van der Waals surface area contributed by atoms with Gasteiger partial charge in [-0.15, -0.1) is 0 Å². The van der Waals surface area contributed by atoms with Gasteiger partial charge in [0.15, 0.2) is 12.3 Å². The van der Waals surface area contributed by atoms with E-state index in [9.17, 15) is 14.4 Å². The average Bonchev–Trinajstić information content (AvgIpc) is 3.30. The predicted molar refractivity (Wildman–Crippen MR) is 113 cm³/mol. The monoisotopic (exact) mass is 436 g/mol. The van der Waals surface area contributed by atoms with Crippen LogP contribution in [0.1, 0.15) is 27.5 Å². The fourth-order valence-electron chi connectivity index (χ4n) is 3.65. The van der Waals surface area contributed by atoms with Crippen molar-refractivity contribution in [3.63, 3.8) is 0 Å². The van der Waals surface area contributed by atoms with Gasteiger partial charge in [0.05, 0.1) is 0 Å². The third kappa shape index (κ3) is 4.30. The normalized spacial score (nSPS) is 12.0. The van der Waals surface area contributed by atoms with Gasteiger partial charge in [-0.25, -0.2) is 15.1 Å². The van der Waals surface area contributed by atoms with Crippen LogP contribution < -0.4 is 10.8 Å². The maximum atomic E-state index is 12.4. The topological polar surface area (TPSA) is 132 Å². The third-order valence-corrected chi connectivity index (χ3v) is 5.05. The number of aromatic nitrogens is 2. The number of fused-ring (bicyclic) bond motifs is 3. The van der Waals surface area contributed by atoms with E-state index < -0.39 is 24.6 Å². The highest BCUT2D eigenvalue weighted by molar-refractivity contribution is 5.93. The molecule has 10 nitrogen and oxygen atoms in total. The quantitative estimate of drug-likeness (QED) is 0.485. The molecule has 1 heterocycles. The lowest BCUT2D eigenvalue weighted by Gasteiger charge is -2.14. The van der Waals surface area contributed by atoms with Gasteiger partial charge in [-0.05, 0) is 22.3 Å². The largest absolute Gasteiger partial charge is 0.479 e. The van der Waals surface area contributed by atoms with E-state index in [0.717, 1.165) is 22.3 Å². The molecule has 32 heavy (non-hydrogen) atoms. The molecule has 3 N–H and O–H groups in total. The minimum Gasteiger partial charge on any atom is -0.479 e. The molecule has 0 spiro atoms. The first-order valence-electron chi connectivity index (χ1n) is 9.74.